The van der Waals surface area contributed by atoms with Crippen LogP contribution in [0.3, 0.4) is 0 Å². The Bertz CT molecular complexity index is 251. The lowest BCUT2D eigenvalue weighted by molar-refractivity contribution is 0.116. The van der Waals surface area contributed by atoms with Crippen molar-refractivity contribution >= 4 is 0 Å². The van der Waals surface area contributed by atoms with Gasteiger partial charge in [-0.15, -0.1) is 0 Å². The zero-order valence-corrected chi connectivity index (χ0v) is 11.1. The molecule has 3 unspecified atom stereocenters. The van der Waals surface area contributed by atoms with E-state index in [-0.39, 0.29) is 0 Å². The van der Waals surface area contributed by atoms with E-state index in [4.69, 9.17) is 4.74 Å². The van der Waals surface area contributed by atoms with Crippen molar-refractivity contribution in [1.82, 2.24) is 10.2 Å². The standard InChI is InChI=1S/C14H26N2O/c1-15-9-14(5-6-17-11-14)10-16-7-12-3-2-4-13(12)8-16/h12-13,15H,2-11H2,1H3. The summed E-state index contributed by atoms with van der Waals surface area (Å²) in [6.07, 6.45) is 5.68. The summed E-state index contributed by atoms with van der Waals surface area (Å²) in [5, 5.41) is 3.37. The normalized spacial score (nSPS) is 42.2. The predicted octanol–water partition coefficient (Wildman–Crippen LogP) is 1.34. The van der Waals surface area contributed by atoms with Gasteiger partial charge in [0.05, 0.1) is 6.61 Å². The van der Waals surface area contributed by atoms with Gasteiger partial charge in [-0.05, 0) is 38.1 Å². The van der Waals surface area contributed by atoms with E-state index in [1.54, 1.807) is 0 Å². The molecule has 0 radical (unpaired) electrons. The van der Waals surface area contributed by atoms with Crippen molar-refractivity contribution in [2.45, 2.75) is 25.7 Å². The number of hydrogen-bond acceptors (Lipinski definition) is 3. The summed E-state index contributed by atoms with van der Waals surface area (Å²) in [6, 6.07) is 0. The van der Waals surface area contributed by atoms with Crippen molar-refractivity contribution in [3.8, 4) is 0 Å². The third kappa shape index (κ3) is 2.38. The number of likely N-dealkylation sites (tertiary alicyclic amines) is 1. The molecule has 2 heterocycles. The Balaban J connectivity index is 1.58. The zero-order chi connectivity index (χ0) is 11.7. The number of nitrogens with one attached hydrogen (secondary N) is 1. The molecule has 0 aromatic rings. The molecule has 3 nitrogen and oxygen atoms in total. The molecule has 1 saturated carbocycles. The molecule has 3 fully saturated rings. The lowest BCUT2D eigenvalue weighted by Crippen LogP contribution is -2.43. The predicted molar refractivity (Wildman–Crippen MR) is 69.1 cm³/mol. The maximum atomic E-state index is 5.65. The van der Waals surface area contributed by atoms with Gasteiger partial charge < -0.3 is 15.0 Å². The molecule has 0 amide bonds. The first-order valence-electron chi connectivity index (χ1n) is 7.26. The fourth-order valence-electron chi connectivity index (χ4n) is 4.28. The van der Waals surface area contributed by atoms with Gasteiger partial charge in [0.15, 0.2) is 0 Å². The van der Waals surface area contributed by atoms with Crippen molar-refractivity contribution < 1.29 is 4.74 Å². The summed E-state index contributed by atoms with van der Waals surface area (Å²) in [6.45, 7) is 6.99. The minimum atomic E-state index is 0.396. The highest BCUT2D eigenvalue weighted by Gasteiger charge is 2.41. The van der Waals surface area contributed by atoms with Crippen LogP contribution in [0.5, 0.6) is 0 Å². The summed E-state index contributed by atoms with van der Waals surface area (Å²) in [5.74, 6) is 2.04. The molecule has 1 aliphatic carbocycles. The van der Waals surface area contributed by atoms with E-state index in [0.717, 1.165) is 31.6 Å². The molecule has 3 atom stereocenters. The molecule has 2 saturated heterocycles. The topological polar surface area (TPSA) is 24.5 Å². The summed E-state index contributed by atoms with van der Waals surface area (Å²) in [4.78, 5) is 2.72. The molecule has 0 aromatic carbocycles. The van der Waals surface area contributed by atoms with Crippen LogP contribution in [0.1, 0.15) is 25.7 Å². The summed E-state index contributed by atoms with van der Waals surface area (Å²) >= 11 is 0. The summed E-state index contributed by atoms with van der Waals surface area (Å²) in [7, 11) is 2.07. The smallest absolute Gasteiger partial charge is 0.0547 e. The minimum absolute atomic E-state index is 0.396. The van der Waals surface area contributed by atoms with Crippen LogP contribution in [0, 0.1) is 17.3 Å². The van der Waals surface area contributed by atoms with Crippen LogP contribution in [0.4, 0.5) is 0 Å². The molecule has 98 valence electrons. The average Bonchev–Trinajstić information content (AvgIpc) is 2.94. The SMILES string of the molecule is CNCC1(CN2CC3CCCC3C2)CCOC1. The van der Waals surface area contributed by atoms with Crippen LogP contribution in [0.2, 0.25) is 0 Å². The van der Waals surface area contributed by atoms with Crippen LogP contribution >= 0.6 is 0 Å². The van der Waals surface area contributed by atoms with Crippen LogP contribution in [0.15, 0.2) is 0 Å². The number of hydrogen-bond donors (Lipinski definition) is 1. The van der Waals surface area contributed by atoms with E-state index in [1.165, 1.54) is 45.3 Å². The molecule has 0 spiro atoms. The van der Waals surface area contributed by atoms with Gasteiger partial charge >= 0.3 is 0 Å². The third-order valence-corrected chi connectivity index (χ3v) is 5.10. The van der Waals surface area contributed by atoms with Crippen LogP contribution < -0.4 is 5.32 Å². The number of ether oxygens (including phenoxy) is 1. The van der Waals surface area contributed by atoms with Crippen molar-refractivity contribution in [2.75, 3.05) is 46.4 Å². The Labute approximate surface area is 105 Å². The maximum absolute atomic E-state index is 5.65. The Morgan fingerprint density at radius 3 is 2.65 bits per heavy atom. The molecular weight excluding hydrogens is 212 g/mol. The molecule has 1 N–H and O–H groups in total. The maximum Gasteiger partial charge on any atom is 0.0547 e. The van der Waals surface area contributed by atoms with Crippen LogP contribution in [-0.4, -0.2) is 51.3 Å². The molecule has 3 heteroatoms. The van der Waals surface area contributed by atoms with Gasteiger partial charge in [-0.1, -0.05) is 6.42 Å². The highest BCUT2D eigenvalue weighted by atomic mass is 16.5. The number of rotatable bonds is 4. The van der Waals surface area contributed by atoms with Gasteiger partial charge in [0, 0.05) is 38.2 Å². The quantitative estimate of drug-likeness (QED) is 0.800. The van der Waals surface area contributed by atoms with Crippen molar-refractivity contribution in [2.24, 2.45) is 17.3 Å². The fraction of sp³-hybridized carbons (Fsp3) is 1.00. The first kappa shape index (κ1) is 11.9. The Morgan fingerprint density at radius 1 is 1.29 bits per heavy atom. The highest BCUT2D eigenvalue weighted by molar-refractivity contribution is 4.94. The lowest BCUT2D eigenvalue weighted by atomic mass is 9.86. The van der Waals surface area contributed by atoms with Gasteiger partial charge in [-0.3, -0.25) is 0 Å². The van der Waals surface area contributed by atoms with E-state index < -0.39 is 0 Å². The highest BCUT2D eigenvalue weighted by Crippen LogP contribution is 2.39. The van der Waals surface area contributed by atoms with Gasteiger partial charge in [0.2, 0.25) is 0 Å². The average molecular weight is 238 g/mol. The molecule has 3 aliphatic rings. The second kappa shape index (κ2) is 4.87. The summed E-state index contributed by atoms with van der Waals surface area (Å²) in [5.41, 5.74) is 0.396. The van der Waals surface area contributed by atoms with Crippen molar-refractivity contribution in [3.63, 3.8) is 0 Å². The van der Waals surface area contributed by atoms with E-state index >= 15 is 0 Å². The minimum Gasteiger partial charge on any atom is -0.381 e. The third-order valence-electron chi connectivity index (χ3n) is 5.10. The van der Waals surface area contributed by atoms with E-state index in [0.29, 0.717) is 5.41 Å². The van der Waals surface area contributed by atoms with Gasteiger partial charge in [-0.2, -0.15) is 0 Å². The monoisotopic (exact) mass is 238 g/mol. The molecular formula is C14H26N2O. The van der Waals surface area contributed by atoms with E-state index in [2.05, 4.69) is 17.3 Å². The largest absolute Gasteiger partial charge is 0.381 e. The van der Waals surface area contributed by atoms with Crippen LogP contribution in [-0.2, 0) is 4.74 Å². The summed E-state index contributed by atoms with van der Waals surface area (Å²) < 4.78 is 5.65. The Kier molecular flexibility index (Phi) is 3.42. The van der Waals surface area contributed by atoms with E-state index in [1.807, 2.05) is 0 Å². The van der Waals surface area contributed by atoms with Gasteiger partial charge in [0.1, 0.15) is 0 Å². The Morgan fingerprint density at radius 2 is 2.06 bits per heavy atom. The fourth-order valence-corrected chi connectivity index (χ4v) is 4.28. The molecule has 2 aliphatic heterocycles. The first-order valence-corrected chi connectivity index (χ1v) is 7.26. The van der Waals surface area contributed by atoms with Crippen LogP contribution in [0.25, 0.3) is 0 Å². The second-order valence-corrected chi connectivity index (χ2v) is 6.48. The lowest BCUT2D eigenvalue weighted by Gasteiger charge is -2.32. The zero-order valence-electron chi connectivity index (χ0n) is 11.1. The molecule has 0 aromatic heterocycles. The number of nitrogens with zero attached hydrogens (tertiary/aromatic N) is 1. The first-order chi connectivity index (χ1) is 8.31. The van der Waals surface area contributed by atoms with Crippen molar-refractivity contribution in [1.29, 1.82) is 0 Å². The second-order valence-electron chi connectivity index (χ2n) is 6.48. The van der Waals surface area contributed by atoms with Gasteiger partial charge in [-0.25, -0.2) is 0 Å². The van der Waals surface area contributed by atoms with Crippen molar-refractivity contribution in [3.05, 3.63) is 0 Å². The van der Waals surface area contributed by atoms with E-state index in [9.17, 15) is 0 Å². The number of fused-ring (bicyclic) bond motifs is 1. The molecule has 0 bridgehead atoms. The molecule has 3 rings (SSSR count). The van der Waals surface area contributed by atoms with Gasteiger partial charge in [0.25, 0.3) is 0 Å². The Hall–Kier alpha value is -0.120. The molecule has 17 heavy (non-hydrogen) atoms.